The second kappa shape index (κ2) is 9.79. The number of nitrogens with one attached hydrogen (secondary N) is 1. The standard InChI is InChI=1S/C25H27N3O2S/c1-18-9-7-10-20(17-18)30-15-6-5-14-28-22-12-4-3-11-21(22)27-24(28)19(2)26-25(29)23-13-8-16-31-23/h3-4,7-13,16-17,19H,5-6,14-15H2,1-2H3,(H,26,29). The first-order chi connectivity index (χ1) is 15.1. The minimum atomic E-state index is -0.189. The van der Waals surface area contributed by atoms with Gasteiger partial charge in [0.25, 0.3) is 5.91 Å². The Labute approximate surface area is 186 Å². The van der Waals surface area contributed by atoms with Crippen molar-refractivity contribution < 1.29 is 9.53 Å². The predicted molar refractivity (Wildman–Crippen MR) is 126 cm³/mol. The summed E-state index contributed by atoms with van der Waals surface area (Å²) in [6.45, 7) is 5.56. The molecule has 0 aliphatic carbocycles. The van der Waals surface area contributed by atoms with E-state index < -0.39 is 0 Å². The molecule has 2 heterocycles. The second-order valence-corrected chi connectivity index (χ2v) is 8.60. The van der Waals surface area contributed by atoms with E-state index in [1.54, 1.807) is 0 Å². The topological polar surface area (TPSA) is 56.1 Å². The van der Waals surface area contributed by atoms with E-state index in [-0.39, 0.29) is 11.9 Å². The minimum absolute atomic E-state index is 0.0624. The Bertz CT molecular complexity index is 1150. The Morgan fingerprint density at radius 1 is 1.13 bits per heavy atom. The van der Waals surface area contributed by atoms with Gasteiger partial charge in [-0.1, -0.05) is 30.3 Å². The molecule has 4 rings (SSSR count). The van der Waals surface area contributed by atoms with Crippen LogP contribution in [0.2, 0.25) is 0 Å². The first-order valence-electron chi connectivity index (χ1n) is 10.6. The summed E-state index contributed by atoms with van der Waals surface area (Å²) in [7, 11) is 0. The number of hydrogen-bond donors (Lipinski definition) is 1. The van der Waals surface area contributed by atoms with Gasteiger partial charge in [-0.05, 0) is 68.0 Å². The van der Waals surface area contributed by atoms with Crippen LogP contribution in [-0.4, -0.2) is 22.1 Å². The van der Waals surface area contributed by atoms with Crippen LogP contribution in [0.5, 0.6) is 5.75 Å². The highest BCUT2D eigenvalue weighted by Gasteiger charge is 2.19. The van der Waals surface area contributed by atoms with Gasteiger partial charge in [-0.3, -0.25) is 4.79 Å². The molecule has 6 heteroatoms. The lowest BCUT2D eigenvalue weighted by Gasteiger charge is -2.16. The number of fused-ring (bicyclic) bond motifs is 1. The van der Waals surface area contributed by atoms with Gasteiger partial charge in [0.2, 0.25) is 0 Å². The summed E-state index contributed by atoms with van der Waals surface area (Å²) in [5, 5.41) is 5.00. The molecule has 2 aromatic carbocycles. The molecule has 160 valence electrons. The number of benzene rings is 2. The molecule has 0 aliphatic heterocycles. The first kappa shape index (κ1) is 21.1. The molecule has 0 radical (unpaired) electrons. The molecule has 5 nitrogen and oxygen atoms in total. The fourth-order valence-corrected chi connectivity index (χ4v) is 4.29. The van der Waals surface area contributed by atoms with Crippen molar-refractivity contribution in [1.82, 2.24) is 14.9 Å². The summed E-state index contributed by atoms with van der Waals surface area (Å²) in [6.07, 6.45) is 1.90. The monoisotopic (exact) mass is 433 g/mol. The van der Waals surface area contributed by atoms with Gasteiger partial charge in [0.15, 0.2) is 0 Å². The van der Waals surface area contributed by atoms with Crippen molar-refractivity contribution in [2.45, 2.75) is 39.3 Å². The lowest BCUT2D eigenvalue weighted by molar-refractivity contribution is 0.0941. The van der Waals surface area contributed by atoms with Crippen LogP contribution in [0.4, 0.5) is 0 Å². The Hall–Kier alpha value is -3.12. The van der Waals surface area contributed by atoms with Gasteiger partial charge in [-0.15, -0.1) is 11.3 Å². The molecule has 1 amide bonds. The number of imidazole rings is 1. The molecule has 0 aliphatic rings. The Kier molecular flexibility index (Phi) is 6.67. The van der Waals surface area contributed by atoms with Crippen molar-refractivity contribution in [3.63, 3.8) is 0 Å². The number of carbonyl (C=O) groups excluding carboxylic acids is 1. The van der Waals surface area contributed by atoms with Gasteiger partial charge in [0, 0.05) is 6.54 Å². The van der Waals surface area contributed by atoms with Crippen molar-refractivity contribution in [3.8, 4) is 5.75 Å². The van der Waals surface area contributed by atoms with Gasteiger partial charge in [-0.2, -0.15) is 0 Å². The van der Waals surface area contributed by atoms with E-state index in [1.807, 2.05) is 54.8 Å². The van der Waals surface area contributed by atoms with Crippen molar-refractivity contribution >= 4 is 28.3 Å². The van der Waals surface area contributed by atoms with Crippen LogP contribution in [0.15, 0.2) is 66.0 Å². The number of unbranched alkanes of at least 4 members (excludes halogenated alkanes) is 1. The second-order valence-electron chi connectivity index (χ2n) is 7.65. The zero-order chi connectivity index (χ0) is 21.6. The fourth-order valence-electron chi connectivity index (χ4n) is 3.67. The molecule has 1 unspecified atom stereocenters. The molecule has 0 saturated carbocycles. The highest BCUT2D eigenvalue weighted by molar-refractivity contribution is 7.12. The minimum Gasteiger partial charge on any atom is -0.494 e. The molecule has 1 atom stereocenters. The van der Waals surface area contributed by atoms with E-state index in [0.29, 0.717) is 11.5 Å². The Morgan fingerprint density at radius 3 is 2.81 bits per heavy atom. The van der Waals surface area contributed by atoms with Crippen LogP contribution < -0.4 is 10.1 Å². The van der Waals surface area contributed by atoms with E-state index in [1.165, 1.54) is 16.9 Å². The average Bonchev–Trinajstić information content (AvgIpc) is 3.42. The summed E-state index contributed by atoms with van der Waals surface area (Å²) in [5.41, 5.74) is 3.24. The molecule has 2 aromatic heterocycles. The summed E-state index contributed by atoms with van der Waals surface area (Å²) in [4.78, 5) is 18.1. The highest BCUT2D eigenvalue weighted by Crippen LogP contribution is 2.22. The number of thiophene rings is 1. The molecule has 4 aromatic rings. The number of carbonyl (C=O) groups is 1. The van der Waals surface area contributed by atoms with E-state index in [2.05, 4.69) is 35.0 Å². The number of hydrogen-bond acceptors (Lipinski definition) is 4. The lowest BCUT2D eigenvalue weighted by atomic mass is 10.2. The van der Waals surface area contributed by atoms with E-state index >= 15 is 0 Å². The van der Waals surface area contributed by atoms with E-state index in [9.17, 15) is 4.79 Å². The van der Waals surface area contributed by atoms with E-state index in [4.69, 9.17) is 9.72 Å². The van der Waals surface area contributed by atoms with Crippen LogP contribution in [0.3, 0.4) is 0 Å². The number of aryl methyl sites for hydroxylation is 2. The number of para-hydroxylation sites is 2. The van der Waals surface area contributed by atoms with E-state index in [0.717, 1.165) is 42.0 Å². The maximum atomic E-state index is 12.5. The Balaban J connectivity index is 1.41. The first-order valence-corrected chi connectivity index (χ1v) is 11.5. The highest BCUT2D eigenvalue weighted by atomic mass is 32.1. The van der Waals surface area contributed by atoms with Gasteiger partial charge in [-0.25, -0.2) is 4.98 Å². The molecular formula is C25H27N3O2S. The summed E-state index contributed by atoms with van der Waals surface area (Å²) in [6, 6.07) is 19.8. The van der Waals surface area contributed by atoms with Crippen LogP contribution in [0.25, 0.3) is 11.0 Å². The summed E-state index contributed by atoms with van der Waals surface area (Å²) >= 11 is 1.44. The summed E-state index contributed by atoms with van der Waals surface area (Å²) in [5.74, 6) is 1.73. The SMILES string of the molecule is Cc1cccc(OCCCCn2c(C(C)NC(=O)c3cccs3)nc3ccccc32)c1. The maximum absolute atomic E-state index is 12.5. The van der Waals surface area contributed by atoms with Gasteiger partial charge >= 0.3 is 0 Å². The van der Waals surface area contributed by atoms with Crippen LogP contribution in [-0.2, 0) is 6.54 Å². The normalized spacial score (nSPS) is 12.1. The molecule has 31 heavy (non-hydrogen) atoms. The van der Waals surface area contributed by atoms with Crippen LogP contribution in [0.1, 0.15) is 46.9 Å². The van der Waals surface area contributed by atoms with Gasteiger partial charge in [0.1, 0.15) is 11.6 Å². The summed E-state index contributed by atoms with van der Waals surface area (Å²) < 4.78 is 8.11. The molecule has 0 bridgehead atoms. The lowest BCUT2D eigenvalue weighted by Crippen LogP contribution is -2.28. The number of ether oxygens (including phenoxy) is 1. The number of nitrogens with zero attached hydrogens (tertiary/aromatic N) is 2. The molecular weight excluding hydrogens is 406 g/mol. The molecule has 0 fully saturated rings. The molecule has 1 N–H and O–H groups in total. The molecule has 0 saturated heterocycles. The van der Waals surface area contributed by atoms with Crippen LogP contribution in [0, 0.1) is 6.92 Å². The third kappa shape index (κ3) is 5.14. The number of aromatic nitrogens is 2. The van der Waals surface area contributed by atoms with Crippen molar-refractivity contribution in [2.24, 2.45) is 0 Å². The third-order valence-electron chi connectivity index (χ3n) is 5.20. The number of rotatable bonds is 9. The maximum Gasteiger partial charge on any atom is 0.261 e. The van der Waals surface area contributed by atoms with Crippen molar-refractivity contribution in [3.05, 3.63) is 82.3 Å². The van der Waals surface area contributed by atoms with Crippen molar-refractivity contribution in [1.29, 1.82) is 0 Å². The van der Waals surface area contributed by atoms with Crippen molar-refractivity contribution in [2.75, 3.05) is 6.61 Å². The average molecular weight is 434 g/mol. The zero-order valence-corrected chi connectivity index (χ0v) is 18.7. The molecule has 0 spiro atoms. The smallest absolute Gasteiger partial charge is 0.261 e. The predicted octanol–water partition coefficient (Wildman–Crippen LogP) is 5.76. The fraction of sp³-hybridized carbons (Fsp3) is 0.280. The van der Waals surface area contributed by atoms with Gasteiger partial charge < -0.3 is 14.6 Å². The quantitative estimate of drug-likeness (QED) is 0.342. The number of amides is 1. The third-order valence-corrected chi connectivity index (χ3v) is 6.07. The largest absolute Gasteiger partial charge is 0.494 e. The van der Waals surface area contributed by atoms with Gasteiger partial charge in [0.05, 0.1) is 28.6 Å². The zero-order valence-electron chi connectivity index (χ0n) is 17.9. The van der Waals surface area contributed by atoms with Crippen LogP contribution >= 0.6 is 11.3 Å². The Morgan fingerprint density at radius 2 is 2.00 bits per heavy atom.